The molecule has 0 atom stereocenters. The molecule has 0 aliphatic carbocycles. The zero-order chi connectivity index (χ0) is 12.5. The van der Waals surface area contributed by atoms with E-state index in [-0.39, 0.29) is 0 Å². The summed E-state index contributed by atoms with van der Waals surface area (Å²) >= 11 is 1.24. The van der Waals surface area contributed by atoms with Crippen LogP contribution in [0.1, 0.15) is 5.56 Å². The van der Waals surface area contributed by atoms with Gasteiger partial charge in [0.15, 0.2) is 5.58 Å². The van der Waals surface area contributed by atoms with E-state index < -0.39 is 5.76 Å². The van der Waals surface area contributed by atoms with E-state index in [1.807, 2.05) is 24.1 Å². The molecule has 2 heterocycles. The van der Waals surface area contributed by atoms with Crippen molar-refractivity contribution in [2.45, 2.75) is 6.54 Å². The van der Waals surface area contributed by atoms with Gasteiger partial charge in [0.2, 0.25) is 5.13 Å². The number of nitrogens with one attached hydrogen (secondary N) is 1. The first-order chi connectivity index (χ1) is 8.72. The first-order valence-electron chi connectivity index (χ1n) is 5.20. The van der Waals surface area contributed by atoms with Gasteiger partial charge in [-0.3, -0.25) is 4.98 Å². The number of aromatic amines is 1. The van der Waals surface area contributed by atoms with E-state index >= 15 is 0 Å². The van der Waals surface area contributed by atoms with Crippen LogP contribution in [0.4, 0.5) is 5.13 Å². The van der Waals surface area contributed by atoms with Gasteiger partial charge in [0.25, 0.3) is 0 Å². The van der Waals surface area contributed by atoms with Crippen LogP contribution in [0.25, 0.3) is 11.1 Å². The van der Waals surface area contributed by atoms with E-state index in [1.165, 1.54) is 11.5 Å². The third-order valence-corrected chi connectivity index (χ3v) is 3.23. The van der Waals surface area contributed by atoms with Crippen LogP contribution < -0.4 is 10.7 Å². The predicted molar refractivity (Wildman–Crippen MR) is 66.6 cm³/mol. The smallest absolute Gasteiger partial charge is 0.408 e. The van der Waals surface area contributed by atoms with E-state index in [2.05, 4.69) is 19.8 Å². The predicted octanol–water partition coefficient (Wildman–Crippen LogP) is 1.00. The summed E-state index contributed by atoms with van der Waals surface area (Å²) in [6.45, 7) is 0.653. The van der Waals surface area contributed by atoms with Crippen LogP contribution in [0.5, 0.6) is 0 Å². The Labute approximate surface area is 105 Å². The quantitative estimate of drug-likeness (QED) is 0.758. The van der Waals surface area contributed by atoms with Crippen LogP contribution >= 0.6 is 11.5 Å². The Bertz CT molecular complexity index is 717. The number of aromatic nitrogens is 4. The Morgan fingerprint density at radius 2 is 2.39 bits per heavy atom. The fourth-order valence-corrected chi connectivity index (χ4v) is 2.14. The first-order valence-corrected chi connectivity index (χ1v) is 5.97. The number of rotatable bonds is 3. The van der Waals surface area contributed by atoms with E-state index in [4.69, 9.17) is 4.42 Å². The van der Waals surface area contributed by atoms with Crippen molar-refractivity contribution in [3.63, 3.8) is 0 Å². The molecular weight excluding hydrogens is 254 g/mol. The molecule has 1 aromatic carbocycles. The first kappa shape index (κ1) is 10.9. The van der Waals surface area contributed by atoms with Gasteiger partial charge in [0.1, 0.15) is 0 Å². The molecule has 0 amide bonds. The second-order valence-corrected chi connectivity index (χ2v) is 4.56. The van der Waals surface area contributed by atoms with Gasteiger partial charge in [-0.25, -0.2) is 4.79 Å². The summed E-state index contributed by atoms with van der Waals surface area (Å²) in [4.78, 5) is 15.6. The third kappa shape index (κ3) is 1.97. The maximum absolute atomic E-state index is 11.1. The van der Waals surface area contributed by atoms with E-state index in [1.54, 1.807) is 6.07 Å². The molecule has 0 fully saturated rings. The molecule has 8 heteroatoms. The number of benzene rings is 1. The lowest BCUT2D eigenvalue weighted by atomic mass is 10.2. The van der Waals surface area contributed by atoms with Crippen molar-refractivity contribution in [3.05, 3.63) is 34.3 Å². The normalized spacial score (nSPS) is 10.9. The summed E-state index contributed by atoms with van der Waals surface area (Å²) in [7, 11) is 1.91. The molecule has 92 valence electrons. The Balaban J connectivity index is 1.88. The number of oxazole rings is 1. The Morgan fingerprint density at radius 3 is 3.17 bits per heavy atom. The highest BCUT2D eigenvalue weighted by atomic mass is 32.1. The fraction of sp³-hybridized carbons (Fsp3) is 0.200. The average molecular weight is 263 g/mol. The molecule has 3 rings (SSSR count). The summed E-state index contributed by atoms with van der Waals surface area (Å²) in [6, 6.07) is 5.56. The largest absolute Gasteiger partial charge is 0.417 e. The zero-order valence-corrected chi connectivity index (χ0v) is 10.3. The SMILES string of the molecule is CN(Cc1ccc2oc(=O)[nH]c2c1)c1nnns1. The summed E-state index contributed by atoms with van der Waals surface area (Å²) in [5.41, 5.74) is 2.29. The van der Waals surface area contributed by atoms with Gasteiger partial charge in [-0.05, 0) is 22.9 Å². The minimum atomic E-state index is -0.441. The van der Waals surface area contributed by atoms with Crippen LogP contribution in [-0.2, 0) is 6.54 Å². The fourth-order valence-electron chi connectivity index (χ4n) is 1.71. The van der Waals surface area contributed by atoms with Crippen molar-refractivity contribution in [1.82, 2.24) is 19.8 Å². The molecule has 0 unspecified atom stereocenters. The number of hydrogen-bond acceptors (Lipinski definition) is 7. The Kier molecular flexibility index (Phi) is 2.56. The van der Waals surface area contributed by atoms with Crippen molar-refractivity contribution in [1.29, 1.82) is 0 Å². The Hall–Kier alpha value is -2.22. The summed E-state index contributed by atoms with van der Waals surface area (Å²) in [6.07, 6.45) is 0. The lowest BCUT2D eigenvalue weighted by Gasteiger charge is -2.13. The highest BCUT2D eigenvalue weighted by molar-refractivity contribution is 7.09. The maximum Gasteiger partial charge on any atom is 0.417 e. The van der Waals surface area contributed by atoms with E-state index in [9.17, 15) is 4.79 Å². The summed E-state index contributed by atoms with van der Waals surface area (Å²) in [5, 5.41) is 8.18. The number of H-pyrrole nitrogens is 1. The minimum absolute atomic E-state index is 0.441. The van der Waals surface area contributed by atoms with Crippen LogP contribution in [0.3, 0.4) is 0 Å². The number of fused-ring (bicyclic) bond motifs is 1. The van der Waals surface area contributed by atoms with Crippen molar-refractivity contribution in [2.24, 2.45) is 0 Å². The van der Waals surface area contributed by atoms with Crippen LogP contribution in [0.15, 0.2) is 27.4 Å². The number of nitrogens with zero attached hydrogens (tertiary/aromatic N) is 4. The third-order valence-electron chi connectivity index (χ3n) is 2.52. The molecule has 0 saturated carbocycles. The van der Waals surface area contributed by atoms with Crippen molar-refractivity contribution in [3.8, 4) is 0 Å². The molecule has 0 aliphatic rings. The highest BCUT2D eigenvalue weighted by Crippen LogP contribution is 2.17. The van der Waals surface area contributed by atoms with Gasteiger partial charge in [0, 0.05) is 25.1 Å². The topological polar surface area (TPSA) is 87.9 Å². The van der Waals surface area contributed by atoms with E-state index in [0.29, 0.717) is 17.6 Å². The molecule has 18 heavy (non-hydrogen) atoms. The molecule has 0 spiro atoms. The lowest BCUT2D eigenvalue weighted by molar-refractivity contribution is 0.555. The second kappa shape index (κ2) is 4.22. The molecule has 1 N–H and O–H groups in total. The highest BCUT2D eigenvalue weighted by Gasteiger charge is 2.08. The van der Waals surface area contributed by atoms with Crippen LogP contribution in [0, 0.1) is 0 Å². The van der Waals surface area contributed by atoms with E-state index in [0.717, 1.165) is 10.7 Å². The summed E-state index contributed by atoms with van der Waals surface area (Å²) < 4.78 is 8.66. The zero-order valence-electron chi connectivity index (χ0n) is 9.45. The monoisotopic (exact) mass is 263 g/mol. The van der Waals surface area contributed by atoms with Crippen molar-refractivity contribution >= 4 is 27.8 Å². The Morgan fingerprint density at radius 1 is 1.50 bits per heavy atom. The molecule has 0 radical (unpaired) electrons. The molecule has 3 aromatic rings. The number of anilines is 1. The van der Waals surface area contributed by atoms with Gasteiger partial charge in [-0.15, -0.1) is 0 Å². The standard InChI is InChI=1S/C10H9N5O2S/c1-15(9-12-13-14-18-9)5-6-2-3-8-7(4-6)11-10(16)17-8/h2-4H,5H2,1H3,(H,11,16). The van der Waals surface area contributed by atoms with Gasteiger partial charge in [0.05, 0.1) is 5.52 Å². The van der Waals surface area contributed by atoms with Crippen LogP contribution in [-0.4, -0.2) is 26.8 Å². The second-order valence-electron chi connectivity index (χ2n) is 3.85. The molecule has 0 saturated heterocycles. The van der Waals surface area contributed by atoms with Gasteiger partial charge in [-0.1, -0.05) is 15.7 Å². The summed E-state index contributed by atoms with van der Waals surface area (Å²) in [5.74, 6) is -0.441. The molecule has 0 bridgehead atoms. The van der Waals surface area contributed by atoms with Gasteiger partial charge in [-0.2, -0.15) is 0 Å². The molecular formula is C10H9N5O2S. The van der Waals surface area contributed by atoms with Crippen molar-refractivity contribution in [2.75, 3.05) is 11.9 Å². The molecule has 7 nitrogen and oxygen atoms in total. The molecule has 0 aliphatic heterocycles. The van der Waals surface area contributed by atoms with Gasteiger partial charge < -0.3 is 9.32 Å². The minimum Gasteiger partial charge on any atom is -0.408 e. The van der Waals surface area contributed by atoms with Crippen molar-refractivity contribution < 1.29 is 4.42 Å². The van der Waals surface area contributed by atoms with Crippen LogP contribution in [0.2, 0.25) is 0 Å². The average Bonchev–Trinajstić information content (AvgIpc) is 2.95. The van der Waals surface area contributed by atoms with Gasteiger partial charge >= 0.3 is 5.76 Å². The molecule has 2 aromatic heterocycles. The number of hydrogen-bond donors (Lipinski definition) is 1. The maximum atomic E-state index is 11.1. The lowest BCUT2D eigenvalue weighted by Crippen LogP contribution is -2.16.